The maximum absolute atomic E-state index is 7.15. The van der Waals surface area contributed by atoms with Gasteiger partial charge in [0.05, 0.1) is 12.9 Å². The predicted molar refractivity (Wildman–Crippen MR) is 72.5 cm³/mol. The first-order valence-electron chi connectivity index (χ1n) is 5.80. The maximum Gasteiger partial charge on any atom is 0.0902 e. The second-order valence-electron chi connectivity index (χ2n) is 3.71. The topological polar surface area (TPSA) is 30.3 Å². The van der Waals surface area contributed by atoms with E-state index in [-0.39, 0.29) is 0 Å². The van der Waals surface area contributed by atoms with E-state index in [0.717, 1.165) is 30.9 Å². The van der Waals surface area contributed by atoms with Gasteiger partial charge in [-0.2, -0.15) is 0 Å². The van der Waals surface area contributed by atoms with Gasteiger partial charge in [0.2, 0.25) is 0 Å². The molecular weight excluding hydrogens is 210 g/mol. The van der Waals surface area contributed by atoms with E-state index >= 15 is 0 Å². The van der Waals surface area contributed by atoms with Crippen LogP contribution in [-0.4, -0.2) is 35.8 Å². The summed E-state index contributed by atoms with van der Waals surface area (Å²) in [6, 6.07) is 0. The Morgan fingerprint density at radius 2 is 2.18 bits per heavy atom. The van der Waals surface area contributed by atoms with Crippen LogP contribution in [0.3, 0.4) is 0 Å². The first kappa shape index (κ1) is 13.3. The summed E-state index contributed by atoms with van der Waals surface area (Å²) < 4.78 is 0. The Hall–Kier alpha value is -1.79. The third kappa shape index (κ3) is 3.93. The highest BCUT2D eigenvalue weighted by Crippen LogP contribution is 2.12. The number of nitrogens with one attached hydrogen (secondary N) is 1. The lowest BCUT2D eigenvalue weighted by Crippen LogP contribution is -2.22. The van der Waals surface area contributed by atoms with Gasteiger partial charge in [0.1, 0.15) is 0 Å². The fourth-order valence-corrected chi connectivity index (χ4v) is 1.46. The SMILES string of the molecule is C=C1C=C(C#CCN(CC)CC)C=CN1C=N. The molecule has 0 unspecified atom stereocenters. The summed E-state index contributed by atoms with van der Waals surface area (Å²) in [5.74, 6) is 6.27. The van der Waals surface area contributed by atoms with E-state index in [2.05, 4.69) is 37.2 Å². The number of rotatable bonds is 4. The van der Waals surface area contributed by atoms with Crippen LogP contribution >= 0.6 is 0 Å². The van der Waals surface area contributed by atoms with Crippen LogP contribution in [0, 0.1) is 17.3 Å². The van der Waals surface area contributed by atoms with Gasteiger partial charge in [0.15, 0.2) is 0 Å². The first-order chi connectivity index (χ1) is 8.21. The molecule has 0 amide bonds. The van der Waals surface area contributed by atoms with Crippen molar-refractivity contribution in [3.63, 3.8) is 0 Å². The fourth-order valence-electron chi connectivity index (χ4n) is 1.46. The second-order valence-corrected chi connectivity index (χ2v) is 3.71. The molecular formula is C14H19N3. The van der Waals surface area contributed by atoms with Crippen molar-refractivity contribution < 1.29 is 0 Å². The smallest absolute Gasteiger partial charge is 0.0902 e. The zero-order valence-electron chi connectivity index (χ0n) is 10.5. The second kappa shape index (κ2) is 6.72. The monoisotopic (exact) mass is 229 g/mol. The van der Waals surface area contributed by atoms with Gasteiger partial charge >= 0.3 is 0 Å². The summed E-state index contributed by atoms with van der Waals surface area (Å²) in [4.78, 5) is 3.91. The van der Waals surface area contributed by atoms with E-state index in [9.17, 15) is 0 Å². The molecule has 17 heavy (non-hydrogen) atoms. The molecule has 0 atom stereocenters. The summed E-state index contributed by atoms with van der Waals surface area (Å²) >= 11 is 0. The first-order valence-corrected chi connectivity index (χ1v) is 5.80. The molecule has 0 radical (unpaired) electrons. The van der Waals surface area contributed by atoms with E-state index < -0.39 is 0 Å². The van der Waals surface area contributed by atoms with Crippen LogP contribution in [0.25, 0.3) is 0 Å². The molecule has 1 aliphatic heterocycles. The standard InChI is InChI=1S/C14H19N3/c1-4-16(5-2)9-6-7-14-8-10-17(12-15)13(3)11-14/h8,10-12,15H,3-5,9H2,1-2H3. The van der Waals surface area contributed by atoms with Gasteiger partial charge in [-0.15, -0.1) is 0 Å². The van der Waals surface area contributed by atoms with Gasteiger partial charge in [-0.1, -0.05) is 32.3 Å². The average Bonchev–Trinajstić information content (AvgIpc) is 2.35. The van der Waals surface area contributed by atoms with E-state index in [4.69, 9.17) is 5.41 Å². The Kier molecular flexibility index (Phi) is 5.25. The van der Waals surface area contributed by atoms with Gasteiger partial charge in [-0.05, 0) is 25.2 Å². The Morgan fingerprint density at radius 3 is 2.71 bits per heavy atom. The van der Waals surface area contributed by atoms with E-state index in [0.29, 0.717) is 0 Å². The highest BCUT2D eigenvalue weighted by Gasteiger charge is 2.04. The van der Waals surface area contributed by atoms with Crippen LogP contribution in [0.5, 0.6) is 0 Å². The minimum Gasteiger partial charge on any atom is -0.309 e. The molecule has 0 aliphatic carbocycles. The molecule has 3 nitrogen and oxygen atoms in total. The number of nitrogens with zero attached hydrogens (tertiary/aromatic N) is 2. The number of allylic oxidation sites excluding steroid dienone is 3. The summed E-state index contributed by atoms with van der Waals surface area (Å²) in [5.41, 5.74) is 1.72. The summed E-state index contributed by atoms with van der Waals surface area (Å²) in [7, 11) is 0. The molecule has 1 heterocycles. The molecule has 0 saturated heterocycles. The molecule has 1 aliphatic rings. The largest absolute Gasteiger partial charge is 0.309 e. The van der Waals surface area contributed by atoms with Gasteiger partial charge < -0.3 is 4.90 Å². The molecule has 0 aromatic rings. The average molecular weight is 229 g/mol. The van der Waals surface area contributed by atoms with Gasteiger partial charge in [-0.3, -0.25) is 10.3 Å². The van der Waals surface area contributed by atoms with Gasteiger partial charge in [0.25, 0.3) is 0 Å². The van der Waals surface area contributed by atoms with E-state index in [1.807, 2.05) is 12.2 Å². The Labute approximate surface area is 104 Å². The van der Waals surface area contributed by atoms with E-state index in [1.165, 1.54) is 6.34 Å². The molecule has 0 spiro atoms. The molecule has 1 N–H and O–H groups in total. The van der Waals surface area contributed by atoms with Crippen molar-refractivity contribution in [3.8, 4) is 11.8 Å². The van der Waals surface area contributed by atoms with Crippen LogP contribution < -0.4 is 0 Å². The highest BCUT2D eigenvalue weighted by molar-refractivity contribution is 5.61. The summed E-state index contributed by atoms with van der Waals surface area (Å²) in [5, 5.41) is 7.15. The van der Waals surface area contributed by atoms with Gasteiger partial charge in [0, 0.05) is 17.5 Å². The van der Waals surface area contributed by atoms with Crippen LogP contribution in [0.1, 0.15) is 13.8 Å². The van der Waals surface area contributed by atoms with Crippen molar-refractivity contribution in [2.75, 3.05) is 19.6 Å². The lowest BCUT2D eigenvalue weighted by atomic mass is 10.1. The number of hydrogen-bond acceptors (Lipinski definition) is 2. The van der Waals surface area contributed by atoms with Crippen LogP contribution in [-0.2, 0) is 0 Å². The molecule has 90 valence electrons. The molecule has 0 bridgehead atoms. The summed E-state index contributed by atoms with van der Waals surface area (Å²) in [6.45, 7) is 11.0. The van der Waals surface area contributed by atoms with Crippen molar-refractivity contribution in [1.29, 1.82) is 5.41 Å². The quantitative estimate of drug-likeness (QED) is 0.455. The Morgan fingerprint density at radius 1 is 1.47 bits per heavy atom. The molecule has 3 heteroatoms. The van der Waals surface area contributed by atoms with Crippen molar-refractivity contribution in [3.05, 3.63) is 36.2 Å². The minimum atomic E-state index is 0.773. The van der Waals surface area contributed by atoms with Crippen LogP contribution in [0.2, 0.25) is 0 Å². The van der Waals surface area contributed by atoms with E-state index in [1.54, 1.807) is 11.1 Å². The molecule has 1 rings (SSSR count). The van der Waals surface area contributed by atoms with Crippen molar-refractivity contribution in [1.82, 2.24) is 9.80 Å². The normalized spacial score (nSPS) is 14.4. The third-order valence-corrected chi connectivity index (χ3v) is 2.64. The highest BCUT2D eigenvalue weighted by atomic mass is 15.1. The third-order valence-electron chi connectivity index (χ3n) is 2.64. The lowest BCUT2D eigenvalue weighted by molar-refractivity contribution is 0.342. The zero-order chi connectivity index (χ0) is 12.7. The zero-order valence-corrected chi connectivity index (χ0v) is 10.5. The predicted octanol–water partition coefficient (Wildman–Crippen LogP) is 2.21. The Bertz CT molecular complexity index is 403. The van der Waals surface area contributed by atoms with Crippen LogP contribution in [0.15, 0.2) is 36.2 Å². The molecule has 0 fully saturated rings. The fraction of sp³-hybridized carbons (Fsp3) is 0.357. The molecule has 0 aromatic heterocycles. The van der Waals surface area contributed by atoms with Crippen LogP contribution in [0.4, 0.5) is 0 Å². The minimum absolute atomic E-state index is 0.773. The maximum atomic E-state index is 7.15. The van der Waals surface area contributed by atoms with Crippen molar-refractivity contribution in [2.24, 2.45) is 0 Å². The molecule has 0 aromatic carbocycles. The van der Waals surface area contributed by atoms with Crippen molar-refractivity contribution in [2.45, 2.75) is 13.8 Å². The summed E-state index contributed by atoms with van der Waals surface area (Å²) in [6.07, 6.45) is 6.82. The number of hydrogen-bond donors (Lipinski definition) is 1. The Balaban J connectivity index is 2.60. The molecule has 0 saturated carbocycles. The van der Waals surface area contributed by atoms with Gasteiger partial charge in [-0.25, -0.2) is 0 Å². The van der Waals surface area contributed by atoms with Crippen molar-refractivity contribution >= 4 is 6.34 Å². The lowest BCUT2D eigenvalue weighted by Gasteiger charge is -2.17.